The van der Waals surface area contributed by atoms with Gasteiger partial charge >= 0.3 is 0 Å². The number of anilines is 2. The molecule has 4 rings (SSSR count). The molecule has 0 spiro atoms. The number of nitrogens with zero attached hydrogens (tertiary/aromatic N) is 4. The molecule has 2 saturated heterocycles. The lowest BCUT2D eigenvalue weighted by Gasteiger charge is -2.37. The fourth-order valence-electron chi connectivity index (χ4n) is 3.58. The highest BCUT2D eigenvalue weighted by atomic mass is 19.1. The van der Waals surface area contributed by atoms with Crippen LogP contribution in [0.5, 0.6) is 0 Å². The van der Waals surface area contributed by atoms with Crippen LogP contribution in [0.2, 0.25) is 0 Å². The zero-order valence-corrected chi connectivity index (χ0v) is 15.2. The van der Waals surface area contributed by atoms with E-state index in [1.807, 2.05) is 18.2 Å². The predicted molar refractivity (Wildman–Crippen MR) is 102 cm³/mol. The summed E-state index contributed by atoms with van der Waals surface area (Å²) < 4.78 is 19.3. The second-order valence-electron chi connectivity index (χ2n) is 6.76. The number of pyridine rings is 1. The summed E-state index contributed by atoms with van der Waals surface area (Å²) in [5, 5.41) is 0. The third-order valence-electron chi connectivity index (χ3n) is 5.11. The summed E-state index contributed by atoms with van der Waals surface area (Å²) in [6.45, 7) is 5.35. The molecule has 0 saturated carbocycles. The van der Waals surface area contributed by atoms with Gasteiger partial charge in [0.15, 0.2) is 0 Å². The molecule has 2 aliphatic rings. The number of benzene rings is 1. The Kier molecular flexibility index (Phi) is 5.20. The molecule has 1 amide bonds. The van der Waals surface area contributed by atoms with Crippen LogP contribution in [0, 0.1) is 5.82 Å². The van der Waals surface area contributed by atoms with Crippen LogP contribution in [0.4, 0.5) is 15.8 Å². The fraction of sp³-hybridized carbons (Fsp3) is 0.400. The number of para-hydroxylation sites is 1. The van der Waals surface area contributed by atoms with Crippen molar-refractivity contribution in [2.75, 3.05) is 62.3 Å². The van der Waals surface area contributed by atoms with Crippen molar-refractivity contribution in [2.24, 2.45) is 0 Å². The van der Waals surface area contributed by atoms with Crippen molar-refractivity contribution >= 4 is 17.3 Å². The van der Waals surface area contributed by atoms with E-state index in [0.717, 1.165) is 31.9 Å². The molecule has 0 unspecified atom stereocenters. The zero-order chi connectivity index (χ0) is 18.6. The Morgan fingerprint density at radius 2 is 1.67 bits per heavy atom. The van der Waals surface area contributed by atoms with Gasteiger partial charge in [0, 0.05) is 45.5 Å². The van der Waals surface area contributed by atoms with E-state index in [4.69, 9.17) is 4.74 Å². The Bertz CT molecular complexity index is 802. The molecule has 2 aromatic rings. The Hall–Kier alpha value is -2.67. The van der Waals surface area contributed by atoms with Crippen LogP contribution in [0.15, 0.2) is 42.7 Å². The van der Waals surface area contributed by atoms with Gasteiger partial charge < -0.3 is 19.4 Å². The van der Waals surface area contributed by atoms with Crippen LogP contribution in [0.1, 0.15) is 10.4 Å². The molecule has 3 heterocycles. The number of ether oxygens (including phenoxy) is 1. The van der Waals surface area contributed by atoms with Crippen LogP contribution < -0.4 is 9.80 Å². The highest BCUT2D eigenvalue weighted by Gasteiger charge is 2.22. The maximum absolute atomic E-state index is 14.0. The summed E-state index contributed by atoms with van der Waals surface area (Å²) in [5.74, 6) is -0.191. The number of rotatable bonds is 3. The molecule has 0 N–H and O–H groups in total. The van der Waals surface area contributed by atoms with E-state index in [1.54, 1.807) is 23.4 Å². The maximum Gasteiger partial charge on any atom is 0.255 e. The Morgan fingerprint density at radius 3 is 2.41 bits per heavy atom. The lowest BCUT2D eigenvalue weighted by Crippen LogP contribution is -2.47. The summed E-state index contributed by atoms with van der Waals surface area (Å²) in [4.78, 5) is 23.0. The highest BCUT2D eigenvalue weighted by Crippen LogP contribution is 2.23. The normalized spacial score (nSPS) is 17.9. The van der Waals surface area contributed by atoms with Crippen LogP contribution in [-0.2, 0) is 4.74 Å². The number of amides is 1. The quantitative estimate of drug-likeness (QED) is 0.827. The summed E-state index contributed by atoms with van der Waals surface area (Å²) >= 11 is 0. The smallest absolute Gasteiger partial charge is 0.255 e. The number of hydrogen-bond donors (Lipinski definition) is 0. The summed E-state index contributed by atoms with van der Waals surface area (Å²) in [6, 6.07) is 8.78. The van der Waals surface area contributed by atoms with Crippen molar-refractivity contribution in [1.29, 1.82) is 0 Å². The van der Waals surface area contributed by atoms with Crippen molar-refractivity contribution in [3.8, 4) is 0 Å². The third kappa shape index (κ3) is 3.88. The Labute approximate surface area is 158 Å². The molecule has 6 nitrogen and oxygen atoms in total. The standard InChI is InChI=1S/C20H23FN4O2/c21-18-3-1-2-4-19(18)24-7-5-23(6-8-24)17-13-16(14-22-15-17)20(26)25-9-11-27-12-10-25/h1-4,13-15H,5-12H2. The first-order chi connectivity index (χ1) is 13.2. The van der Waals surface area contributed by atoms with E-state index in [2.05, 4.69) is 14.8 Å². The largest absolute Gasteiger partial charge is 0.378 e. The van der Waals surface area contributed by atoms with E-state index in [-0.39, 0.29) is 11.7 Å². The number of aromatic nitrogens is 1. The number of morpholine rings is 1. The van der Waals surface area contributed by atoms with Gasteiger partial charge in [-0.3, -0.25) is 9.78 Å². The molecular formula is C20H23FN4O2. The minimum Gasteiger partial charge on any atom is -0.378 e. The average Bonchev–Trinajstić information content (AvgIpc) is 2.74. The van der Waals surface area contributed by atoms with E-state index >= 15 is 0 Å². The van der Waals surface area contributed by atoms with Gasteiger partial charge in [-0.05, 0) is 18.2 Å². The predicted octanol–water partition coefficient (Wildman–Crippen LogP) is 2.02. The van der Waals surface area contributed by atoms with Gasteiger partial charge in [-0.1, -0.05) is 12.1 Å². The van der Waals surface area contributed by atoms with E-state index in [1.165, 1.54) is 6.07 Å². The molecule has 1 aromatic carbocycles. The van der Waals surface area contributed by atoms with Crippen LogP contribution in [-0.4, -0.2) is 68.3 Å². The molecule has 2 fully saturated rings. The van der Waals surface area contributed by atoms with Crippen molar-refractivity contribution in [1.82, 2.24) is 9.88 Å². The van der Waals surface area contributed by atoms with Crippen LogP contribution in [0.3, 0.4) is 0 Å². The van der Waals surface area contributed by atoms with Crippen molar-refractivity contribution in [2.45, 2.75) is 0 Å². The minimum absolute atomic E-state index is 0.00218. The number of piperazine rings is 1. The minimum atomic E-state index is -0.189. The second kappa shape index (κ2) is 7.92. The average molecular weight is 370 g/mol. The molecule has 0 aliphatic carbocycles. The Balaban J connectivity index is 1.43. The van der Waals surface area contributed by atoms with E-state index in [0.29, 0.717) is 37.6 Å². The lowest BCUT2D eigenvalue weighted by atomic mass is 10.2. The van der Waals surface area contributed by atoms with Crippen LogP contribution in [0.25, 0.3) is 0 Å². The molecule has 0 bridgehead atoms. The first kappa shape index (κ1) is 17.7. The van der Waals surface area contributed by atoms with Gasteiger partial charge in [-0.15, -0.1) is 0 Å². The van der Waals surface area contributed by atoms with Crippen molar-refractivity contribution in [3.63, 3.8) is 0 Å². The van der Waals surface area contributed by atoms with Gasteiger partial charge in [0.1, 0.15) is 5.82 Å². The van der Waals surface area contributed by atoms with Gasteiger partial charge in [0.25, 0.3) is 5.91 Å². The van der Waals surface area contributed by atoms with Gasteiger partial charge in [0.05, 0.1) is 36.3 Å². The fourth-order valence-corrected chi connectivity index (χ4v) is 3.58. The van der Waals surface area contributed by atoms with Gasteiger partial charge in [0.2, 0.25) is 0 Å². The lowest BCUT2D eigenvalue weighted by molar-refractivity contribution is 0.0302. The van der Waals surface area contributed by atoms with E-state index in [9.17, 15) is 9.18 Å². The maximum atomic E-state index is 14.0. The second-order valence-corrected chi connectivity index (χ2v) is 6.76. The molecule has 27 heavy (non-hydrogen) atoms. The molecule has 0 radical (unpaired) electrons. The molecular weight excluding hydrogens is 347 g/mol. The first-order valence-electron chi connectivity index (χ1n) is 9.29. The summed E-state index contributed by atoms with van der Waals surface area (Å²) in [6.07, 6.45) is 3.41. The number of carbonyl (C=O) groups excluding carboxylic acids is 1. The first-order valence-corrected chi connectivity index (χ1v) is 9.29. The van der Waals surface area contributed by atoms with Crippen molar-refractivity contribution in [3.05, 3.63) is 54.1 Å². The third-order valence-corrected chi connectivity index (χ3v) is 5.11. The molecule has 2 aliphatic heterocycles. The molecule has 1 aromatic heterocycles. The van der Waals surface area contributed by atoms with Gasteiger partial charge in [-0.2, -0.15) is 0 Å². The Morgan fingerprint density at radius 1 is 0.963 bits per heavy atom. The number of halogens is 1. The zero-order valence-electron chi connectivity index (χ0n) is 15.2. The molecule has 142 valence electrons. The topological polar surface area (TPSA) is 48.9 Å². The highest BCUT2D eigenvalue weighted by molar-refractivity contribution is 5.94. The van der Waals surface area contributed by atoms with Crippen LogP contribution >= 0.6 is 0 Å². The summed E-state index contributed by atoms with van der Waals surface area (Å²) in [7, 11) is 0. The summed E-state index contributed by atoms with van der Waals surface area (Å²) in [5.41, 5.74) is 2.18. The van der Waals surface area contributed by atoms with E-state index < -0.39 is 0 Å². The monoisotopic (exact) mass is 370 g/mol. The molecule has 0 atom stereocenters. The van der Waals surface area contributed by atoms with Gasteiger partial charge in [-0.25, -0.2) is 4.39 Å². The number of carbonyl (C=O) groups is 1. The molecule has 7 heteroatoms. The number of hydrogen-bond acceptors (Lipinski definition) is 5. The SMILES string of the molecule is O=C(c1cncc(N2CCN(c3ccccc3F)CC2)c1)N1CCOCC1. The van der Waals surface area contributed by atoms with Crippen molar-refractivity contribution < 1.29 is 13.9 Å².